The molecule has 5 nitrogen and oxygen atoms in total. The van der Waals surface area contributed by atoms with Crippen LogP contribution in [0.2, 0.25) is 0 Å². The summed E-state index contributed by atoms with van der Waals surface area (Å²) in [5, 5.41) is 18.7. The quantitative estimate of drug-likeness (QED) is 0.849. The van der Waals surface area contributed by atoms with Crippen LogP contribution in [0.3, 0.4) is 0 Å². The summed E-state index contributed by atoms with van der Waals surface area (Å²) < 4.78 is 2.07. The van der Waals surface area contributed by atoms with Crippen LogP contribution in [0.5, 0.6) is 0 Å². The molecule has 1 heterocycles. The van der Waals surface area contributed by atoms with Crippen molar-refractivity contribution in [2.24, 2.45) is 0 Å². The largest absolute Gasteiger partial charge is 0.478 e. The first-order valence-corrected chi connectivity index (χ1v) is 6.97. The first kappa shape index (κ1) is 14.5. The third-order valence-electron chi connectivity index (χ3n) is 3.55. The summed E-state index contributed by atoms with van der Waals surface area (Å²) in [5.41, 5.74) is 1.88. The second-order valence-electron chi connectivity index (χ2n) is 4.89. The molecule has 2 N–H and O–H groups in total. The monoisotopic (exact) mass is 276 g/mol. The minimum atomic E-state index is -0.944. The number of aromatic carboxylic acids is 1. The van der Waals surface area contributed by atoms with E-state index in [0.717, 1.165) is 24.2 Å². The number of aliphatic hydroxyl groups excluding tert-OH is 1. The Morgan fingerprint density at radius 2 is 2.15 bits per heavy atom. The van der Waals surface area contributed by atoms with Gasteiger partial charge in [0.1, 0.15) is 5.82 Å². The van der Waals surface area contributed by atoms with Gasteiger partial charge in [-0.3, -0.25) is 0 Å². The molecule has 0 saturated heterocycles. The predicted octanol–water partition coefficient (Wildman–Crippen LogP) is 2.46. The lowest BCUT2D eigenvalue weighted by molar-refractivity contribution is 0.0697. The molecule has 108 valence electrons. The average Bonchev–Trinajstić information content (AvgIpc) is 2.81. The van der Waals surface area contributed by atoms with Crippen molar-refractivity contribution in [3.05, 3.63) is 29.6 Å². The van der Waals surface area contributed by atoms with Crippen molar-refractivity contribution in [2.75, 3.05) is 0 Å². The lowest BCUT2D eigenvalue weighted by atomic mass is 10.2. The van der Waals surface area contributed by atoms with Crippen LogP contribution in [0.4, 0.5) is 0 Å². The van der Waals surface area contributed by atoms with Gasteiger partial charge in [-0.2, -0.15) is 0 Å². The summed E-state index contributed by atoms with van der Waals surface area (Å²) in [5.74, 6) is -0.0215. The number of carbonyl (C=O) groups is 1. The first-order chi connectivity index (χ1) is 9.56. The Balaban J connectivity index is 2.39. The Morgan fingerprint density at radius 1 is 1.40 bits per heavy atom. The van der Waals surface area contributed by atoms with Crippen molar-refractivity contribution in [1.82, 2.24) is 9.55 Å². The minimum absolute atomic E-state index is 0.249. The Bertz CT molecular complexity index is 619. The highest BCUT2D eigenvalue weighted by Gasteiger charge is 2.13. The van der Waals surface area contributed by atoms with E-state index in [1.54, 1.807) is 18.2 Å². The highest BCUT2D eigenvalue weighted by atomic mass is 16.4. The van der Waals surface area contributed by atoms with Gasteiger partial charge in [0.05, 0.1) is 22.7 Å². The second-order valence-corrected chi connectivity index (χ2v) is 4.89. The molecule has 0 amide bonds. The zero-order valence-corrected chi connectivity index (χ0v) is 11.8. The predicted molar refractivity (Wildman–Crippen MR) is 77.0 cm³/mol. The van der Waals surface area contributed by atoms with Crippen molar-refractivity contribution < 1.29 is 15.0 Å². The summed E-state index contributed by atoms with van der Waals surface area (Å²) in [6.07, 6.45) is 1.88. The van der Waals surface area contributed by atoms with Crippen LogP contribution in [-0.2, 0) is 13.0 Å². The fourth-order valence-electron chi connectivity index (χ4n) is 2.31. The Kier molecular flexibility index (Phi) is 4.39. The molecule has 0 aliphatic rings. The molecule has 0 fully saturated rings. The zero-order chi connectivity index (χ0) is 14.7. The average molecular weight is 276 g/mol. The van der Waals surface area contributed by atoms with Gasteiger partial charge in [-0.1, -0.05) is 13.8 Å². The van der Waals surface area contributed by atoms with Crippen LogP contribution >= 0.6 is 0 Å². The summed E-state index contributed by atoms with van der Waals surface area (Å²) >= 11 is 0. The van der Waals surface area contributed by atoms with Gasteiger partial charge in [-0.15, -0.1) is 0 Å². The maximum Gasteiger partial charge on any atom is 0.335 e. The van der Waals surface area contributed by atoms with Gasteiger partial charge < -0.3 is 14.8 Å². The number of aliphatic hydroxyl groups is 1. The van der Waals surface area contributed by atoms with Gasteiger partial charge in [-0.25, -0.2) is 9.78 Å². The molecular weight excluding hydrogens is 256 g/mol. The maximum absolute atomic E-state index is 11.0. The van der Waals surface area contributed by atoms with E-state index < -0.39 is 5.97 Å². The van der Waals surface area contributed by atoms with Crippen molar-refractivity contribution >= 4 is 17.0 Å². The fraction of sp³-hybridized carbons (Fsp3) is 0.467. The SMILES string of the molecule is CCc1nc2cc(C(=O)O)ccc2n1CCC(O)CC. The molecule has 0 aliphatic carbocycles. The van der Waals surface area contributed by atoms with E-state index in [0.29, 0.717) is 18.5 Å². The van der Waals surface area contributed by atoms with Gasteiger partial charge in [0.15, 0.2) is 0 Å². The van der Waals surface area contributed by atoms with E-state index in [1.165, 1.54) is 0 Å². The Hall–Kier alpha value is -1.88. The lowest BCUT2D eigenvalue weighted by Crippen LogP contribution is -2.11. The lowest BCUT2D eigenvalue weighted by Gasteiger charge is -2.11. The molecule has 1 aromatic carbocycles. The number of imidazole rings is 1. The number of rotatable bonds is 6. The maximum atomic E-state index is 11.0. The molecular formula is C15H20N2O3. The fourth-order valence-corrected chi connectivity index (χ4v) is 2.31. The molecule has 0 saturated carbocycles. The van der Waals surface area contributed by atoms with Gasteiger partial charge in [0, 0.05) is 13.0 Å². The molecule has 0 spiro atoms. The zero-order valence-electron chi connectivity index (χ0n) is 11.8. The van der Waals surface area contributed by atoms with E-state index in [9.17, 15) is 9.90 Å². The highest BCUT2D eigenvalue weighted by molar-refractivity contribution is 5.92. The van der Waals surface area contributed by atoms with Crippen LogP contribution in [0.25, 0.3) is 11.0 Å². The molecule has 1 atom stereocenters. The molecule has 0 radical (unpaired) electrons. The van der Waals surface area contributed by atoms with Gasteiger partial charge in [0.25, 0.3) is 0 Å². The molecule has 2 aromatic rings. The smallest absolute Gasteiger partial charge is 0.335 e. The van der Waals surface area contributed by atoms with Crippen molar-refractivity contribution in [1.29, 1.82) is 0 Å². The van der Waals surface area contributed by atoms with E-state index >= 15 is 0 Å². The van der Waals surface area contributed by atoms with Crippen molar-refractivity contribution in [3.63, 3.8) is 0 Å². The molecule has 20 heavy (non-hydrogen) atoms. The van der Waals surface area contributed by atoms with Crippen LogP contribution in [0.1, 0.15) is 42.9 Å². The van der Waals surface area contributed by atoms with Gasteiger partial charge in [-0.05, 0) is 31.0 Å². The van der Waals surface area contributed by atoms with Crippen molar-refractivity contribution in [2.45, 2.75) is 45.8 Å². The Labute approximate surface area is 117 Å². The van der Waals surface area contributed by atoms with Crippen LogP contribution in [0.15, 0.2) is 18.2 Å². The summed E-state index contributed by atoms with van der Waals surface area (Å²) in [6, 6.07) is 4.99. The van der Waals surface area contributed by atoms with E-state index in [2.05, 4.69) is 9.55 Å². The number of fused-ring (bicyclic) bond motifs is 1. The molecule has 0 bridgehead atoms. The molecule has 1 aromatic heterocycles. The molecule has 1 unspecified atom stereocenters. The summed E-state index contributed by atoms with van der Waals surface area (Å²) in [7, 11) is 0. The number of aryl methyl sites for hydroxylation is 2. The molecule has 5 heteroatoms. The van der Waals surface area contributed by atoms with Gasteiger partial charge >= 0.3 is 5.97 Å². The van der Waals surface area contributed by atoms with Crippen LogP contribution in [-0.4, -0.2) is 31.8 Å². The number of aromatic nitrogens is 2. The number of nitrogens with zero attached hydrogens (tertiary/aromatic N) is 2. The molecule has 0 aliphatic heterocycles. The summed E-state index contributed by atoms with van der Waals surface area (Å²) in [6.45, 7) is 4.67. The van der Waals surface area contributed by atoms with E-state index in [1.807, 2.05) is 13.8 Å². The Morgan fingerprint density at radius 3 is 2.75 bits per heavy atom. The number of benzene rings is 1. The van der Waals surface area contributed by atoms with E-state index in [4.69, 9.17) is 5.11 Å². The number of hydrogen-bond acceptors (Lipinski definition) is 3. The normalized spacial score (nSPS) is 12.8. The number of carboxylic acids is 1. The topological polar surface area (TPSA) is 75.3 Å². The third-order valence-corrected chi connectivity index (χ3v) is 3.55. The third kappa shape index (κ3) is 2.82. The second kappa shape index (κ2) is 6.05. The van der Waals surface area contributed by atoms with Crippen LogP contribution in [0, 0.1) is 0 Å². The van der Waals surface area contributed by atoms with Gasteiger partial charge in [0.2, 0.25) is 0 Å². The van der Waals surface area contributed by atoms with Crippen molar-refractivity contribution in [3.8, 4) is 0 Å². The first-order valence-electron chi connectivity index (χ1n) is 6.97. The van der Waals surface area contributed by atoms with Crippen LogP contribution < -0.4 is 0 Å². The molecule has 2 rings (SSSR count). The minimum Gasteiger partial charge on any atom is -0.478 e. The number of hydrogen-bond donors (Lipinski definition) is 2. The highest BCUT2D eigenvalue weighted by Crippen LogP contribution is 2.19. The summed E-state index contributed by atoms with van der Waals surface area (Å²) in [4.78, 5) is 15.5. The standard InChI is InChI=1S/C15H20N2O3/c1-3-11(18)7-8-17-13-6-5-10(15(19)20)9-12(13)16-14(17)4-2/h5-6,9,11,18H,3-4,7-8H2,1-2H3,(H,19,20). The number of carboxylic acid groups (broad SMARTS) is 1. The van der Waals surface area contributed by atoms with E-state index in [-0.39, 0.29) is 11.7 Å².